The Morgan fingerprint density at radius 2 is 2.00 bits per heavy atom. The lowest BCUT2D eigenvalue weighted by Crippen LogP contribution is -2.11. The fourth-order valence-electron chi connectivity index (χ4n) is 2.87. The fraction of sp³-hybridized carbons (Fsp3) is 0.250. The number of hydrogen-bond donors (Lipinski definition) is 1. The molecule has 0 aliphatic carbocycles. The van der Waals surface area contributed by atoms with Crippen LogP contribution in [0.2, 0.25) is 0 Å². The predicted octanol–water partition coefficient (Wildman–Crippen LogP) is 3.48. The molecule has 0 aliphatic heterocycles. The van der Waals surface area contributed by atoms with Gasteiger partial charge in [0.1, 0.15) is 12.4 Å². The van der Waals surface area contributed by atoms with Crippen LogP contribution in [0.1, 0.15) is 15.9 Å². The van der Waals surface area contributed by atoms with Crippen LogP contribution in [0.25, 0.3) is 10.9 Å². The number of carbonyl (C=O) groups is 1. The van der Waals surface area contributed by atoms with E-state index in [-0.39, 0.29) is 0 Å². The SMILES string of the molecule is CN(C)Cc1cccc(OCCn2ccc3ccc(C(=O)O)cc32)c1. The standard InChI is InChI=1S/C20H22N2O3/c1-21(2)14-15-4-3-5-18(12-15)25-11-10-22-9-8-16-6-7-17(20(23)24)13-19(16)22/h3-9,12-13H,10-11,14H2,1-2H3,(H,23,24). The maximum Gasteiger partial charge on any atom is 0.335 e. The molecule has 0 radical (unpaired) electrons. The van der Waals surface area contributed by atoms with E-state index in [4.69, 9.17) is 9.84 Å². The Hall–Kier alpha value is -2.79. The Balaban J connectivity index is 1.67. The Labute approximate surface area is 147 Å². The van der Waals surface area contributed by atoms with Crippen LogP contribution in [0, 0.1) is 0 Å². The second-order valence-electron chi connectivity index (χ2n) is 6.32. The minimum atomic E-state index is -0.913. The fourth-order valence-corrected chi connectivity index (χ4v) is 2.87. The second kappa shape index (κ2) is 7.40. The zero-order valence-corrected chi connectivity index (χ0v) is 14.5. The molecule has 0 saturated heterocycles. The number of carboxylic acid groups (broad SMARTS) is 1. The van der Waals surface area contributed by atoms with Crippen molar-refractivity contribution in [1.29, 1.82) is 0 Å². The molecule has 0 saturated carbocycles. The van der Waals surface area contributed by atoms with Gasteiger partial charge in [0, 0.05) is 18.3 Å². The molecule has 0 aliphatic rings. The maximum absolute atomic E-state index is 11.1. The number of ether oxygens (including phenoxy) is 1. The first kappa shape index (κ1) is 17.0. The van der Waals surface area contributed by atoms with Gasteiger partial charge in [0.15, 0.2) is 0 Å². The molecular formula is C20H22N2O3. The zero-order chi connectivity index (χ0) is 17.8. The molecule has 0 unspecified atom stereocenters. The van der Waals surface area contributed by atoms with E-state index < -0.39 is 5.97 Å². The topological polar surface area (TPSA) is 54.7 Å². The number of nitrogens with zero attached hydrogens (tertiary/aromatic N) is 2. The molecule has 1 heterocycles. The zero-order valence-electron chi connectivity index (χ0n) is 14.5. The van der Waals surface area contributed by atoms with Gasteiger partial charge in [-0.1, -0.05) is 18.2 Å². The highest BCUT2D eigenvalue weighted by Crippen LogP contribution is 2.19. The van der Waals surface area contributed by atoms with Gasteiger partial charge < -0.3 is 19.3 Å². The van der Waals surface area contributed by atoms with Crippen molar-refractivity contribution in [1.82, 2.24) is 9.47 Å². The van der Waals surface area contributed by atoms with Crippen LogP contribution in [0.4, 0.5) is 0 Å². The Kier molecular flexibility index (Phi) is 5.05. The molecule has 1 N–H and O–H groups in total. The molecule has 3 rings (SSSR count). The van der Waals surface area contributed by atoms with Gasteiger partial charge in [-0.3, -0.25) is 0 Å². The van der Waals surface area contributed by atoms with Gasteiger partial charge in [0.05, 0.1) is 12.1 Å². The number of benzene rings is 2. The quantitative estimate of drug-likeness (QED) is 0.716. The van der Waals surface area contributed by atoms with Crippen molar-refractivity contribution in [2.75, 3.05) is 20.7 Å². The van der Waals surface area contributed by atoms with Gasteiger partial charge in [-0.25, -0.2) is 4.79 Å². The molecular weight excluding hydrogens is 316 g/mol. The summed E-state index contributed by atoms with van der Waals surface area (Å²) in [5.41, 5.74) is 2.41. The third-order valence-corrected chi connectivity index (χ3v) is 4.02. The van der Waals surface area contributed by atoms with E-state index in [2.05, 4.69) is 17.0 Å². The summed E-state index contributed by atoms with van der Waals surface area (Å²) in [4.78, 5) is 13.3. The molecule has 0 amide bonds. The van der Waals surface area contributed by atoms with Crippen molar-refractivity contribution in [2.45, 2.75) is 13.1 Å². The average Bonchev–Trinajstić information content (AvgIpc) is 2.97. The molecule has 0 fully saturated rings. The summed E-state index contributed by atoms with van der Waals surface area (Å²) in [6.45, 7) is 2.05. The van der Waals surface area contributed by atoms with Crippen molar-refractivity contribution in [3.8, 4) is 5.75 Å². The van der Waals surface area contributed by atoms with Crippen LogP contribution in [0.5, 0.6) is 5.75 Å². The van der Waals surface area contributed by atoms with Crippen LogP contribution in [0.3, 0.4) is 0 Å². The van der Waals surface area contributed by atoms with E-state index in [1.165, 1.54) is 5.56 Å². The minimum Gasteiger partial charge on any atom is -0.492 e. The first-order valence-corrected chi connectivity index (χ1v) is 8.21. The molecule has 2 aromatic carbocycles. The normalized spacial score (nSPS) is 11.2. The molecule has 0 spiro atoms. The van der Waals surface area contributed by atoms with E-state index in [0.29, 0.717) is 18.7 Å². The Bertz CT molecular complexity index is 884. The largest absolute Gasteiger partial charge is 0.492 e. The predicted molar refractivity (Wildman–Crippen MR) is 98.2 cm³/mol. The van der Waals surface area contributed by atoms with E-state index in [1.54, 1.807) is 12.1 Å². The average molecular weight is 338 g/mol. The van der Waals surface area contributed by atoms with E-state index in [9.17, 15) is 4.79 Å². The number of aromatic nitrogens is 1. The van der Waals surface area contributed by atoms with Crippen molar-refractivity contribution in [3.05, 3.63) is 65.9 Å². The molecule has 0 atom stereocenters. The monoisotopic (exact) mass is 338 g/mol. The Morgan fingerprint density at radius 3 is 2.76 bits per heavy atom. The highest BCUT2D eigenvalue weighted by Gasteiger charge is 2.07. The van der Waals surface area contributed by atoms with Crippen LogP contribution in [-0.2, 0) is 13.1 Å². The number of carboxylic acids is 1. The third kappa shape index (κ3) is 4.19. The van der Waals surface area contributed by atoms with Crippen molar-refractivity contribution >= 4 is 16.9 Å². The summed E-state index contributed by atoms with van der Waals surface area (Å²) in [6, 6.07) is 15.2. The van der Waals surface area contributed by atoms with Crippen LogP contribution >= 0.6 is 0 Å². The van der Waals surface area contributed by atoms with Gasteiger partial charge in [-0.05, 0) is 55.4 Å². The highest BCUT2D eigenvalue weighted by molar-refractivity contribution is 5.93. The van der Waals surface area contributed by atoms with E-state index in [0.717, 1.165) is 23.2 Å². The molecule has 5 nitrogen and oxygen atoms in total. The molecule has 5 heteroatoms. The molecule has 0 bridgehead atoms. The number of hydrogen-bond acceptors (Lipinski definition) is 3. The Morgan fingerprint density at radius 1 is 1.16 bits per heavy atom. The first-order valence-electron chi connectivity index (χ1n) is 8.21. The summed E-state index contributed by atoms with van der Waals surface area (Å²) < 4.78 is 7.89. The van der Waals surface area contributed by atoms with Crippen molar-refractivity contribution in [3.63, 3.8) is 0 Å². The van der Waals surface area contributed by atoms with Gasteiger partial charge in [0.25, 0.3) is 0 Å². The lowest BCUT2D eigenvalue weighted by Gasteiger charge is -2.12. The maximum atomic E-state index is 11.1. The van der Waals surface area contributed by atoms with E-state index >= 15 is 0 Å². The van der Waals surface area contributed by atoms with Crippen molar-refractivity contribution < 1.29 is 14.6 Å². The molecule has 1 aromatic heterocycles. The number of fused-ring (bicyclic) bond motifs is 1. The number of rotatable bonds is 7. The van der Waals surface area contributed by atoms with Crippen molar-refractivity contribution in [2.24, 2.45) is 0 Å². The van der Waals surface area contributed by atoms with Crippen LogP contribution in [-0.4, -0.2) is 41.2 Å². The van der Waals surface area contributed by atoms with Gasteiger partial charge in [-0.15, -0.1) is 0 Å². The van der Waals surface area contributed by atoms with Crippen LogP contribution < -0.4 is 4.74 Å². The minimum absolute atomic E-state index is 0.296. The summed E-state index contributed by atoms with van der Waals surface area (Å²) in [7, 11) is 4.08. The van der Waals surface area contributed by atoms with Gasteiger partial charge >= 0.3 is 5.97 Å². The summed E-state index contributed by atoms with van der Waals surface area (Å²) >= 11 is 0. The van der Waals surface area contributed by atoms with E-state index in [1.807, 2.05) is 49.1 Å². The second-order valence-corrected chi connectivity index (χ2v) is 6.32. The smallest absolute Gasteiger partial charge is 0.335 e. The van der Waals surface area contributed by atoms with Crippen LogP contribution in [0.15, 0.2) is 54.7 Å². The summed E-state index contributed by atoms with van der Waals surface area (Å²) in [6.07, 6.45) is 1.96. The molecule has 25 heavy (non-hydrogen) atoms. The lowest BCUT2D eigenvalue weighted by atomic mass is 10.2. The van der Waals surface area contributed by atoms with Gasteiger partial charge in [-0.2, -0.15) is 0 Å². The first-order chi connectivity index (χ1) is 12.0. The third-order valence-electron chi connectivity index (χ3n) is 4.02. The summed E-state index contributed by atoms with van der Waals surface area (Å²) in [5, 5.41) is 10.2. The molecule has 3 aromatic rings. The lowest BCUT2D eigenvalue weighted by molar-refractivity contribution is 0.0697. The molecule has 130 valence electrons. The highest BCUT2D eigenvalue weighted by atomic mass is 16.5. The summed E-state index contributed by atoms with van der Waals surface area (Å²) in [5.74, 6) is -0.0642. The van der Waals surface area contributed by atoms with Gasteiger partial charge in [0.2, 0.25) is 0 Å². The number of aromatic carboxylic acids is 1.